The molecule has 0 saturated carbocycles. The summed E-state index contributed by atoms with van der Waals surface area (Å²) in [4.78, 5) is 11.9. The number of rotatable bonds is 3. The summed E-state index contributed by atoms with van der Waals surface area (Å²) in [5.41, 5.74) is 0.763. The first-order chi connectivity index (χ1) is 9.22. The van der Waals surface area contributed by atoms with Crippen molar-refractivity contribution in [3.63, 3.8) is 0 Å². The second-order valence-electron chi connectivity index (χ2n) is 3.76. The van der Waals surface area contributed by atoms with Gasteiger partial charge in [-0.25, -0.2) is 4.79 Å². The predicted octanol–water partition coefficient (Wildman–Crippen LogP) is 2.79. The Morgan fingerprint density at radius 2 is 1.79 bits per heavy atom. The number of hydrogen-bond acceptors (Lipinski definition) is 4. The Labute approximate surface area is 110 Å². The fourth-order valence-electron chi connectivity index (χ4n) is 1.53. The molecule has 4 nitrogen and oxygen atoms in total. The Kier molecular flexibility index (Phi) is 3.79. The van der Waals surface area contributed by atoms with Crippen LogP contribution in [0.15, 0.2) is 48.5 Å². The van der Waals surface area contributed by atoms with Gasteiger partial charge in [-0.15, -0.1) is 0 Å². The molecule has 0 aliphatic heterocycles. The molecule has 0 fully saturated rings. The van der Waals surface area contributed by atoms with Crippen LogP contribution in [0.3, 0.4) is 0 Å². The predicted molar refractivity (Wildman–Crippen MR) is 69.1 cm³/mol. The second kappa shape index (κ2) is 5.69. The maximum atomic E-state index is 11.9. The van der Waals surface area contributed by atoms with Crippen molar-refractivity contribution in [3.05, 3.63) is 59.7 Å². The number of nitrogens with zero attached hydrogens (tertiary/aromatic N) is 1. The molecule has 0 aromatic heterocycles. The van der Waals surface area contributed by atoms with Gasteiger partial charge in [-0.2, -0.15) is 5.26 Å². The molecule has 4 heteroatoms. The van der Waals surface area contributed by atoms with Crippen molar-refractivity contribution < 1.29 is 14.3 Å². The Hall–Kier alpha value is -2.80. The Morgan fingerprint density at radius 1 is 1.11 bits per heavy atom. The first kappa shape index (κ1) is 12.7. The molecule has 94 valence electrons. The minimum atomic E-state index is -0.498. The van der Waals surface area contributed by atoms with Gasteiger partial charge in [-0.05, 0) is 42.5 Å². The standard InChI is InChI=1S/C15H11NO3/c1-18-13-5-7-14(8-6-13)19-15(17)12-4-2-3-11(9-12)10-16/h2-9H,1H3. The van der Waals surface area contributed by atoms with Crippen molar-refractivity contribution in [2.24, 2.45) is 0 Å². The molecular formula is C15H11NO3. The second-order valence-corrected chi connectivity index (χ2v) is 3.76. The van der Waals surface area contributed by atoms with Crippen LogP contribution >= 0.6 is 0 Å². The molecule has 0 aliphatic carbocycles. The van der Waals surface area contributed by atoms with Crippen molar-refractivity contribution in [1.29, 1.82) is 5.26 Å². The summed E-state index contributed by atoms with van der Waals surface area (Å²) in [6, 6.07) is 15.0. The largest absolute Gasteiger partial charge is 0.497 e. The fourth-order valence-corrected chi connectivity index (χ4v) is 1.53. The summed E-state index contributed by atoms with van der Waals surface area (Å²) >= 11 is 0. The van der Waals surface area contributed by atoms with E-state index >= 15 is 0 Å². The zero-order chi connectivity index (χ0) is 13.7. The highest BCUT2D eigenvalue weighted by atomic mass is 16.5. The van der Waals surface area contributed by atoms with E-state index in [0.717, 1.165) is 0 Å². The molecule has 0 unspecified atom stereocenters. The highest BCUT2D eigenvalue weighted by Gasteiger charge is 2.09. The number of benzene rings is 2. The SMILES string of the molecule is COc1ccc(OC(=O)c2cccc(C#N)c2)cc1. The van der Waals surface area contributed by atoms with Gasteiger partial charge in [0.15, 0.2) is 0 Å². The number of ether oxygens (including phenoxy) is 2. The summed E-state index contributed by atoms with van der Waals surface area (Å²) in [5, 5.41) is 8.78. The third-order valence-corrected chi connectivity index (χ3v) is 2.50. The average Bonchev–Trinajstić information content (AvgIpc) is 2.48. The Morgan fingerprint density at radius 3 is 2.42 bits per heavy atom. The van der Waals surface area contributed by atoms with E-state index in [2.05, 4.69) is 0 Å². The summed E-state index contributed by atoms with van der Waals surface area (Å²) in [7, 11) is 1.56. The van der Waals surface area contributed by atoms with Gasteiger partial charge in [-0.3, -0.25) is 0 Å². The van der Waals surface area contributed by atoms with E-state index < -0.39 is 5.97 Å². The highest BCUT2D eigenvalue weighted by Crippen LogP contribution is 2.18. The zero-order valence-electron chi connectivity index (χ0n) is 10.3. The van der Waals surface area contributed by atoms with E-state index in [9.17, 15) is 4.79 Å². The summed E-state index contributed by atoms with van der Waals surface area (Å²) in [5.74, 6) is 0.613. The van der Waals surface area contributed by atoms with Gasteiger partial charge in [0, 0.05) is 0 Å². The van der Waals surface area contributed by atoms with E-state index in [0.29, 0.717) is 22.6 Å². The lowest BCUT2D eigenvalue weighted by molar-refractivity contribution is 0.0734. The van der Waals surface area contributed by atoms with Gasteiger partial charge < -0.3 is 9.47 Å². The van der Waals surface area contributed by atoms with E-state index in [4.69, 9.17) is 14.7 Å². The maximum absolute atomic E-state index is 11.9. The number of esters is 1. The van der Waals surface area contributed by atoms with Crippen molar-refractivity contribution in [2.45, 2.75) is 0 Å². The van der Waals surface area contributed by atoms with Crippen molar-refractivity contribution in [2.75, 3.05) is 7.11 Å². The molecule has 0 bridgehead atoms. The van der Waals surface area contributed by atoms with Gasteiger partial charge in [0.1, 0.15) is 11.5 Å². The van der Waals surface area contributed by atoms with Crippen molar-refractivity contribution >= 4 is 5.97 Å². The molecule has 2 aromatic rings. The Bertz CT molecular complexity index is 627. The molecule has 0 atom stereocenters. The summed E-state index contributed by atoms with van der Waals surface area (Å²) in [6.45, 7) is 0. The van der Waals surface area contributed by atoms with Gasteiger partial charge in [-0.1, -0.05) is 6.07 Å². The zero-order valence-corrected chi connectivity index (χ0v) is 10.3. The van der Waals surface area contributed by atoms with Gasteiger partial charge in [0.2, 0.25) is 0 Å². The van der Waals surface area contributed by atoms with Crippen LogP contribution in [-0.4, -0.2) is 13.1 Å². The third-order valence-electron chi connectivity index (χ3n) is 2.50. The molecule has 19 heavy (non-hydrogen) atoms. The third kappa shape index (κ3) is 3.11. The first-order valence-electron chi connectivity index (χ1n) is 5.59. The number of hydrogen-bond donors (Lipinski definition) is 0. The van der Waals surface area contributed by atoms with Crippen LogP contribution in [0.5, 0.6) is 11.5 Å². The van der Waals surface area contributed by atoms with Crippen LogP contribution in [0.1, 0.15) is 15.9 Å². The molecule has 0 N–H and O–H groups in total. The topological polar surface area (TPSA) is 59.3 Å². The smallest absolute Gasteiger partial charge is 0.343 e. The number of methoxy groups -OCH3 is 1. The maximum Gasteiger partial charge on any atom is 0.343 e. The van der Waals surface area contributed by atoms with E-state index in [-0.39, 0.29) is 0 Å². The number of carbonyl (C=O) groups is 1. The number of carbonyl (C=O) groups excluding carboxylic acids is 1. The van der Waals surface area contributed by atoms with Crippen LogP contribution < -0.4 is 9.47 Å². The summed E-state index contributed by atoms with van der Waals surface area (Å²) < 4.78 is 10.2. The first-order valence-corrected chi connectivity index (χ1v) is 5.59. The van der Waals surface area contributed by atoms with Gasteiger partial charge in [0.25, 0.3) is 0 Å². The number of nitriles is 1. The Balaban J connectivity index is 2.13. The monoisotopic (exact) mass is 253 g/mol. The van der Waals surface area contributed by atoms with E-state index in [1.54, 1.807) is 49.6 Å². The van der Waals surface area contributed by atoms with Crippen LogP contribution in [0.2, 0.25) is 0 Å². The highest BCUT2D eigenvalue weighted by molar-refractivity contribution is 5.91. The molecule has 2 aromatic carbocycles. The van der Waals surface area contributed by atoms with Gasteiger partial charge >= 0.3 is 5.97 Å². The minimum absolute atomic E-state index is 0.342. The molecule has 0 amide bonds. The van der Waals surface area contributed by atoms with Crippen LogP contribution in [0.4, 0.5) is 0 Å². The average molecular weight is 253 g/mol. The normalized spacial score (nSPS) is 9.47. The van der Waals surface area contributed by atoms with Gasteiger partial charge in [0.05, 0.1) is 24.3 Å². The molecule has 0 saturated heterocycles. The molecule has 2 rings (SSSR count). The molecular weight excluding hydrogens is 242 g/mol. The fraction of sp³-hybridized carbons (Fsp3) is 0.0667. The molecule has 0 aliphatic rings. The molecule has 0 radical (unpaired) electrons. The van der Waals surface area contributed by atoms with Crippen LogP contribution in [-0.2, 0) is 0 Å². The summed E-state index contributed by atoms with van der Waals surface area (Å²) in [6.07, 6.45) is 0. The van der Waals surface area contributed by atoms with Crippen LogP contribution in [0, 0.1) is 11.3 Å². The minimum Gasteiger partial charge on any atom is -0.497 e. The molecule has 0 heterocycles. The van der Waals surface area contributed by atoms with Crippen molar-refractivity contribution in [1.82, 2.24) is 0 Å². The van der Waals surface area contributed by atoms with Crippen LogP contribution in [0.25, 0.3) is 0 Å². The lowest BCUT2D eigenvalue weighted by Crippen LogP contribution is -2.08. The molecule has 0 spiro atoms. The lowest BCUT2D eigenvalue weighted by atomic mass is 10.1. The quantitative estimate of drug-likeness (QED) is 0.623. The van der Waals surface area contributed by atoms with Crippen molar-refractivity contribution in [3.8, 4) is 17.6 Å². The van der Waals surface area contributed by atoms with E-state index in [1.165, 1.54) is 6.07 Å². The van der Waals surface area contributed by atoms with E-state index in [1.807, 2.05) is 6.07 Å². The lowest BCUT2D eigenvalue weighted by Gasteiger charge is -2.05.